The van der Waals surface area contributed by atoms with E-state index in [2.05, 4.69) is 4.98 Å². The first-order valence-corrected chi connectivity index (χ1v) is 12.0. The molecule has 2 amide bonds. The van der Waals surface area contributed by atoms with Crippen molar-refractivity contribution in [3.05, 3.63) is 23.7 Å². The van der Waals surface area contributed by atoms with Crippen molar-refractivity contribution in [3.8, 4) is 0 Å². The zero-order valence-corrected chi connectivity index (χ0v) is 19.9. The molecule has 2 aliphatic rings. The number of hydroxylamine groups is 1. The van der Waals surface area contributed by atoms with Gasteiger partial charge in [-0.3, -0.25) is 9.69 Å². The molecule has 0 bridgehead atoms. The molecule has 0 aromatic carbocycles. The standard InChI is InChI=1S/C19H25N5O7S2/c1-19(2,3)30-18(29)22-31-11(25)4-6-23-7-5-21-17(23)33-9-10-8-32-15-12(20)14(26)24(15)13(10)16(27)28/h5,7,12,15H,4,6,8-9,20H2,1-3H3,(H,22,29)(H,27,28). The number of nitrogens with zero attached hydrogens (tertiary/aromatic N) is 3. The van der Waals surface area contributed by atoms with Gasteiger partial charge in [0, 0.05) is 30.4 Å². The number of β-lactam (4-membered cyclic amide) rings is 1. The summed E-state index contributed by atoms with van der Waals surface area (Å²) >= 11 is 2.73. The van der Waals surface area contributed by atoms with E-state index >= 15 is 0 Å². The highest BCUT2D eigenvalue weighted by molar-refractivity contribution is 8.01. The summed E-state index contributed by atoms with van der Waals surface area (Å²) in [6.45, 7) is 5.28. The Labute approximate surface area is 198 Å². The number of aliphatic carboxylic acids is 1. The van der Waals surface area contributed by atoms with Crippen molar-refractivity contribution >= 4 is 47.5 Å². The molecule has 2 atom stereocenters. The SMILES string of the molecule is CC(C)(C)OC(=O)NOC(=O)CCn1ccnc1SCC1=C(C(=O)O)N2C(=O)C(N)C2SC1. The number of aromatic nitrogens is 2. The number of carboxylic acids is 1. The Morgan fingerprint density at radius 3 is 2.79 bits per heavy atom. The lowest BCUT2D eigenvalue weighted by atomic mass is 10.0. The van der Waals surface area contributed by atoms with Gasteiger partial charge in [0.15, 0.2) is 5.16 Å². The summed E-state index contributed by atoms with van der Waals surface area (Å²) in [6.07, 6.45) is 2.32. The molecule has 0 spiro atoms. The van der Waals surface area contributed by atoms with Crippen LogP contribution in [0, 0.1) is 0 Å². The highest BCUT2D eigenvalue weighted by Crippen LogP contribution is 2.40. The molecule has 2 aliphatic heterocycles. The molecular formula is C19H25N5O7S2. The van der Waals surface area contributed by atoms with E-state index in [4.69, 9.17) is 15.3 Å². The Kier molecular flexibility index (Phi) is 7.59. The molecule has 0 saturated carbocycles. The predicted octanol–water partition coefficient (Wildman–Crippen LogP) is 0.929. The Hall–Kier alpha value is -2.71. The minimum atomic E-state index is -1.17. The van der Waals surface area contributed by atoms with E-state index in [0.29, 0.717) is 22.2 Å². The molecule has 14 heteroatoms. The minimum Gasteiger partial charge on any atom is -0.477 e. The van der Waals surface area contributed by atoms with E-state index in [1.54, 1.807) is 37.7 Å². The maximum atomic E-state index is 12.0. The molecule has 2 unspecified atom stereocenters. The Bertz CT molecular complexity index is 987. The van der Waals surface area contributed by atoms with E-state index < -0.39 is 35.6 Å². The van der Waals surface area contributed by atoms with Crippen molar-refractivity contribution in [1.29, 1.82) is 0 Å². The summed E-state index contributed by atoms with van der Waals surface area (Å²) in [4.78, 5) is 57.5. The summed E-state index contributed by atoms with van der Waals surface area (Å²) in [7, 11) is 0. The lowest BCUT2D eigenvalue weighted by molar-refractivity contribution is -0.150. The molecular weight excluding hydrogens is 474 g/mol. The van der Waals surface area contributed by atoms with Crippen molar-refractivity contribution in [2.24, 2.45) is 5.73 Å². The van der Waals surface area contributed by atoms with Crippen LogP contribution in [0.15, 0.2) is 28.8 Å². The average molecular weight is 500 g/mol. The van der Waals surface area contributed by atoms with Gasteiger partial charge >= 0.3 is 18.0 Å². The van der Waals surface area contributed by atoms with Crippen LogP contribution in [0.5, 0.6) is 0 Å². The maximum Gasteiger partial charge on any atom is 0.441 e. The van der Waals surface area contributed by atoms with Gasteiger partial charge in [0.1, 0.15) is 22.7 Å². The maximum absolute atomic E-state index is 12.0. The van der Waals surface area contributed by atoms with Crippen molar-refractivity contribution < 1.29 is 33.9 Å². The number of nitrogens with two attached hydrogens (primary N) is 1. The van der Waals surface area contributed by atoms with Crippen LogP contribution in [0.3, 0.4) is 0 Å². The molecule has 3 rings (SSSR count). The molecule has 0 aliphatic carbocycles. The van der Waals surface area contributed by atoms with Gasteiger partial charge in [0.25, 0.3) is 0 Å². The summed E-state index contributed by atoms with van der Waals surface area (Å²) in [5.41, 5.74) is 7.57. The highest BCUT2D eigenvalue weighted by atomic mass is 32.2. The molecule has 3 heterocycles. The fourth-order valence-electron chi connectivity index (χ4n) is 3.11. The van der Waals surface area contributed by atoms with Crippen LogP contribution >= 0.6 is 23.5 Å². The second-order valence-corrected chi connectivity index (χ2v) is 10.3. The van der Waals surface area contributed by atoms with Gasteiger partial charge in [-0.1, -0.05) is 11.8 Å². The Morgan fingerprint density at radius 1 is 1.39 bits per heavy atom. The van der Waals surface area contributed by atoms with Gasteiger partial charge in [-0.2, -0.15) is 0 Å². The van der Waals surface area contributed by atoms with Gasteiger partial charge in [-0.15, -0.1) is 17.2 Å². The minimum absolute atomic E-state index is 0.0205. The van der Waals surface area contributed by atoms with Gasteiger partial charge in [-0.05, 0) is 26.3 Å². The number of rotatable bonds is 7. The number of thioether (sulfide) groups is 2. The zero-order chi connectivity index (χ0) is 24.3. The number of imidazole rings is 1. The van der Waals surface area contributed by atoms with Crippen molar-refractivity contribution in [2.45, 2.75) is 55.9 Å². The van der Waals surface area contributed by atoms with E-state index in [-0.39, 0.29) is 24.0 Å². The molecule has 1 aromatic rings. The van der Waals surface area contributed by atoms with Crippen LogP contribution in [-0.4, -0.2) is 72.0 Å². The largest absolute Gasteiger partial charge is 0.477 e. The van der Waals surface area contributed by atoms with Crippen LogP contribution in [0.25, 0.3) is 0 Å². The first-order chi connectivity index (χ1) is 15.5. The molecule has 180 valence electrons. The van der Waals surface area contributed by atoms with Gasteiger partial charge in [-0.25, -0.2) is 19.4 Å². The van der Waals surface area contributed by atoms with Crippen LogP contribution < -0.4 is 11.2 Å². The highest BCUT2D eigenvalue weighted by Gasteiger charge is 2.51. The summed E-state index contributed by atoms with van der Waals surface area (Å²) < 4.78 is 6.69. The molecule has 0 radical (unpaired) electrons. The quantitative estimate of drug-likeness (QED) is 0.277. The number of carboxylic acid groups (broad SMARTS) is 1. The fraction of sp³-hybridized carbons (Fsp3) is 0.526. The number of ether oxygens (including phenoxy) is 1. The number of carbonyl (C=O) groups is 4. The number of carbonyl (C=O) groups excluding carboxylic acids is 3. The normalized spacial score (nSPS) is 20.1. The molecule has 1 fully saturated rings. The Balaban J connectivity index is 1.54. The summed E-state index contributed by atoms with van der Waals surface area (Å²) in [6, 6.07) is -0.679. The molecule has 4 N–H and O–H groups in total. The summed E-state index contributed by atoms with van der Waals surface area (Å²) in [5.74, 6) is -1.47. The monoisotopic (exact) mass is 499 g/mol. The van der Waals surface area contributed by atoms with Crippen LogP contribution in [0.4, 0.5) is 4.79 Å². The zero-order valence-electron chi connectivity index (χ0n) is 18.3. The molecule has 1 saturated heterocycles. The van der Waals surface area contributed by atoms with Crippen LogP contribution in [0.1, 0.15) is 27.2 Å². The smallest absolute Gasteiger partial charge is 0.441 e. The van der Waals surface area contributed by atoms with Crippen molar-refractivity contribution in [2.75, 3.05) is 11.5 Å². The van der Waals surface area contributed by atoms with E-state index in [0.717, 1.165) is 0 Å². The van der Waals surface area contributed by atoms with Gasteiger partial charge in [0.2, 0.25) is 5.91 Å². The first kappa shape index (κ1) is 24.9. The lowest BCUT2D eigenvalue weighted by Crippen LogP contribution is -2.68. The predicted molar refractivity (Wildman–Crippen MR) is 119 cm³/mol. The topological polar surface area (TPSA) is 166 Å². The van der Waals surface area contributed by atoms with Gasteiger partial charge < -0.3 is 25.0 Å². The second kappa shape index (κ2) is 10.1. The number of hydrogen-bond donors (Lipinski definition) is 3. The van der Waals surface area contributed by atoms with Crippen LogP contribution in [0.2, 0.25) is 0 Å². The first-order valence-electron chi connectivity index (χ1n) is 9.96. The Morgan fingerprint density at radius 2 is 2.12 bits per heavy atom. The lowest BCUT2D eigenvalue weighted by Gasteiger charge is -2.48. The average Bonchev–Trinajstić information content (AvgIpc) is 3.19. The van der Waals surface area contributed by atoms with Crippen LogP contribution in [-0.2, 0) is 30.5 Å². The third kappa shape index (κ3) is 6.00. The number of amides is 2. The molecule has 33 heavy (non-hydrogen) atoms. The number of fused-ring (bicyclic) bond motifs is 1. The third-order valence-electron chi connectivity index (χ3n) is 4.55. The molecule has 1 aromatic heterocycles. The number of nitrogens with one attached hydrogen (secondary N) is 1. The summed E-state index contributed by atoms with van der Waals surface area (Å²) in [5, 5.41) is 9.84. The number of aryl methyl sites for hydroxylation is 1. The van der Waals surface area contributed by atoms with E-state index in [9.17, 15) is 24.3 Å². The molecule has 12 nitrogen and oxygen atoms in total. The van der Waals surface area contributed by atoms with Gasteiger partial charge in [0.05, 0.1) is 6.42 Å². The second-order valence-electron chi connectivity index (χ2n) is 8.21. The van der Waals surface area contributed by atoms with Crippen molar-refractivity contribution in [3.63, 3.8) is 0 Å². The fourth-order valence-corrected chi connectivity index (χ4v) is 5.53. The van der Waals surface area contributed by atoms with E-state index in [1.165, 1.54) is 28.4 Å². The third-order valence-corrected chi connectivity index (χ3v) is 7.00. The van der Waals surface area contributed by atoms with Crippen molar-refractivity contribution in [1.82, 2.24) is 19.9 Å². The van der Waals surface area contributed by atoms with E-state index in [1.807, 2.05) is 5.48 Å². The number of hydrogen-bond acceptors (Lipinski definition) is 10.